The molecule has 1 aliphatic rings. The summed E-state index contributed by atoms with van der Waals surface area (Å²) in [6, 6.07) is 5.20. The van der Waals surface area contributed by atoms with Crippen LogP contribution in [0.3, 0.4) is 0 Å². The zero-order chi connectivity index (χ0) is 27.2. The van der Waals surface area contributed by atoms with Crippen molar-refractivity contribution in [1.82, 2.24) is 19.6 Å². The van der Waals surface area contributed by atoms with Crippen LogP contribution >= 0.6 is 0 Å². The number of nitrogens with one attached hydrogen (secondary N) is 1. The molecule has 1 N–H and O–H groups in total. The van der Waals surface area contributed by atoms with Crippen LogP contribution in [0.25, 0.3) is 16.8 Å². The minimum Gasteiger partial charge on any atom is -0.378 e. The zero-order valence-electron chi connectivity index (χ0n) is 20.2. The Labute approximate surface area is 213 Å². The molecule has 4 heterocycles. The highest BCUT2D eigenvalue weighted by Crippen LogP contribution is 2.34. The van der Waals surface area contributed by atoms with E-state index in [1.165, 1.54) is 12.1 Å². The van der Waals surface area contributed by atoms with Crippen LogP contribution in [-0.4, -0.2) is 51.8 Å². The predicted octanol–water partition coefficient (Wildman–Crippen LogP) is 4.79. The van der Waals surface area contributed by atoms with Crippen LogP contribution in [-0.2, 0) is 10.9 Å². The molecule has 5 rings (SSSR count). The first-order valence-electron chi connectivity index (χ1n) is 11.6. The topological polar surface area (TPSA) is 84.6 Å². The number of fused-ring (bicyclic) bond motifs is 1. The van der Waals surface area contributed by atoms with Crippen molar-refractivity contribution in [2.24, 2.45) is 0 Å². The van der Waals surface area contributed by atoms with E-state index in [9.17, 15) is 26.7 Å². The van der Waals surface area contributed by atoms with Gasteiger partial charge in [0.1, 0.15) is 11.6 Å². The van der Waals surface area contributed by atoms with Gasteiger partial charge in [-0.25, -0.2) is 23.3 Å². The summed E-state index contributed by atoms with van der Waals surface area (Å²) in [5, 5.41) is 6.61. The van der Waals surface area contributed by atoms with Crippen LogP contribution in [0.5, 0.6) is 0 Å². The molecule has 1 aliphatic heterocycles. The van der Waals surface area contributed by atoms with Crippen molar-refractivity contribution in [1.29, 1.82) is 0 Å². The summed E-state index contributed by atoms with van der Waals surface area (Å²) < 4.78 is 75.5. The number of aryl methyl sites for hydroxylation is 2. The number of ether oxygens (including phenoxy) is 1. The molecule has 0 radical (unpaired) electrons. The van der Waals surface area contributed by atoms with Crippen molar-refractivity contribution in [3.8, 4) is 11.1 Å². The van der Waals surface area contributed by atoms with Gasteiger partial charge in [-0.05, 0) is 49.2 Å². The Hall–Kier alpha value is -4.13. The fourth-order valence-corrected chi connectivity index (χ4v) is 4.35. The lowest BCUT2D eigenvalue weighted by molar-refractivity contribution is -0.143. The Morgan fingerprint density at radius 2 is 1.84 bits per heavy atom. The number of hydrogen-bond donors (Lipinski definition) is 1. The Morgan fingerprint density at radius 3 is 2.55 bits per heavy atom. The van der Waals surface area contributed by atoms with Crippen LogP contribution in [0.1, 0.15) is 27.4 Å². The second kappa shape index (κ2) is 9.63. The van der Waals surface area contributed by atoms with E-state index in [0.29, 0.717) is 60.7 Å². The number of pyridine rings is 2. The van der Waals surface area contributed by atoms with Gasteiger partial charge in [0.2, 0.25) is 0 Å². The van der Waals surface area contributed by atoms with E-state index in [2.05, 4.69) is 25.3 Å². The van der Waals surface area contributed by atoms with E-state index in [-0.39, 0.29) is 5.69 Å². The molecule has 8 nitrogen and oxygen atoms in total. The van der Waals surface area contributed by atoms with E-state index in [0.717, 1.165) is 11.8 Å². The summed E-state index contributed by atoms with van der Waals surface area (Å²) in [5.41, 5.74) is 0.0329. The molecule has 0 unspecified atom stereocenters. The van der Waals surface area contributed by atoms with Gasteiger partial charge < -0.3 is 15.0 Å². The maximum absolute atomic E-state index is 14.9. The fourth-order valence-electron chi connectivity index (χ4n) is 4.35. The number of aromatic nitrogens is 4. The van der Waals surface area contributed by atoms with E-state index in [1.807, 2.05) is 6.07 Å². The maximum Gasteiger partial charge on any atom is 0.436 e. The molecular formula is C25H21F5N6O2. The lowest BCUT2D eigenvalue weighted by atomic mass is 10.00. The van der Waals surface area contributed by atoms with Crippen molar-refractivity contribution in [2.75, 3.05) is 36.5 Å². The summed E-state index contributed by atoms with van der Waals surface area (Å²) in [4.78, 5) is 22.3. The monoisotopic (exact) mass is 532 g/mol. The summed E-state index contributed by atoms with van der Waals surface area (Å²) >= 11 is 0. The quantitative estimate of drug-likeness (QED) is 0.381. The molecule has 13 heteroatoms. The number of halogens is 5. The molecule has 0 saturated carbocycles. The molecule has 198 valence electrons. The average Bonchev–Trinajstić information content (AvgIpc) is 3.25. The van der Waals surface area contributed by atoms with Crippen molar-refractivity contribution in [3.05, 3.63) is 70.9 Å². The standard InChI is InChI=1S/C25H21F5N6O2/c1-13-9-18(26)19(33-24(37)16-3-4-31-22(21(16)27)25(28,29)30)11-17(13)15-10-20(35-5-7-38-8-6-35)23-32-14(2)34-36(23)12-15/h3-4,9-12H,5-8H2,1-2H3,(H,33,37). The van der Waals surface area contributed by atoms with Crippen molar-refractivity contribution in [3.63, 3.8) is 0 Å². The molecule has 1 amide bonds. The summed E-state index contributed by atoms with van der Waals surface area (Å²) in [6.07, 6.45) is -2.72. The summed E-state index contributed by atoms with van der Waals surface area (Å²) in [5.74, 6) is -3.37. The Morgan fingerprint density at radius 1 is 1.11 bits per heavy atom. The number of morpholine rings is 1. The van der Waals surface area contributed by atoms with Crippen LogP contribution < -0.4 is 10.2 Å². The summed E-state index contributed by atoms with van der Waals surface area (Å²) in [6.45, 7) is 5.77. The highest BCUT2D eigenvalue weighted by atomic mass is 19.4. The zero-order valence-corrected chi connectivity index (χ0v) is 20.2. The van der Waals surface area contributed by atoms with E-state index >= 15 is 0 Å². The molecular weight excluding hydrogens is 511 g/mol. The number of rotatable bonds is 4. The van der Waals surface area contributed by atoms with Gasteiger partial charge in [-0.15, -0.1) is 0 Å². The summed E-state index contributed by atoms with van der Waals surface area (Å²) in [7, 11) is 0. The number of hydrogen-bond acceptors (Lipinski definition) is 6. The largest absolute Gasteiger partial charge is 0.436 e. The third kappa shape index (κ3) is 4.76. The highest BCUT2D eigenvalue weighted by molar-refractivity contribution is 6.05. The molecule has 1 fully saturated rings. The van der Waals surface area contributed by atoms with Gasteiger partial charge in [-0.2, -0.15) is 18.3 Å². The number of benzene rings is 1. The maximum atomic E-state index is 14.9. The van der Waals surface area contributed by atoms with Crippen LogP contribution in [0.4, 0.5) is 33.3 Å². The molecule has 0 atom stereocenters. The molecule has 4 aromatic rings. The van der Waals surface area contributed by atoms with Gasteiger partial charge in [-0.1, -0.05) is 0 Å². The van der Waals surface area contributed by atoms with Crippen molar-refractivity contribution < 1.29 is 31.5 Å². The van der Waals surface area contributed by atoms with E-state index in [1.54, 1.807) is 24.6 Å². The molecule has 0 aliphatic carbocycles. The first kappa shape index (κ1) is 25.5. The molecule has 38 heavy (non-hydrogen) atoms. The third-order valence-electron chi connectivity index (χ3n) is 6.15. The average molecular weight is 532 g/mol. The second-order valence-corrected chi connectivity index (χ2v) is 8.76. The Balaban J connectivity index is 1.55. The van der Waals surface area contributed by atoms with Gasteiger partial charge in [0, 0.05) is 31.0 Å². The van der Waals surface area contributed by atoms with Gasteiger partial charge in [-0.3, -0.25) is 4.79 Å². The number of carbonyl (C=O) groups is 1. The first-order chi connectivity index (χ1) is 18.0. The third-order valence-corrected chi connectivity index (χ3v) is 6.15. The minimum absolute atomic E-state index is 0.330. The highest BCUT2D eigenvalue weighted by Gasteiger charge is 2.38. The van der Waals surface area contributed by atoms with E-state index < -0.39 is 35.0 Å². The Bertz CT molecular complexity index is 1550. The van der Waals surface area contributed by atoms with Crippen molar-refractivity contribution >= 4 is 22.9 Å². The van der Waals surface area contributed by atoms with Gasteiger partial charge in [0.15, 0.2) is 17.2 Å². The SMILES string of the molecule is Cc1nc2c(N3CCOCC3)cc(-c3cc(NC(=O)c4ccnc(C(F)(F)F)c4F)c(F)cc3C)cn2n1. The fraction of sp³-hybridized carbons (Fsp3) is 0.280. The Kier molecular flexibility index (Phi) is 6.47. The lowest BCUT2D eigenvalue weighted by Crippen LogP contribution is -2.36. The number of anilines is 2. The van der Waals surface area contributed by atoms with Crippen LogP contribution in [0, 0.1) is 25.5 Å². The van der Waals surface area contributed by atoms with Gasteiger partial charge >= 0.3 is 6.18 Å². The minimum atomic E-state index is -5.10. The molecule has 1 saturated heterocycles. The number of nitrogens with zero attached hydrogens (tertiary/aromatic N) is 5. The molecule has 1 aromatic carbocycles. The molecule has 0 bridgehead atoms. The number of carbonyl (C=O) groups excluding carboxylic acids is 1. The van der Waals surface area contributed by atoms with E-state index in [4.69, 9.17) is 4.74 Å². The predicted molar refractivity (Wildman–Crippen MR) is 128 cm³/mol. The number of alkyl halides is 3. The lowest BCUT2D eigenvalue weighted by Gasteiger charge is -2.29. The number of amides is 1. The van der Waals surface area contributed by atoms with Crippen LogP contribution in [0.2, 0.25) is 0 Å². The van der Waals surface area contributed by atoms with Gasteiger partial charge in [0.05, 0.1) is 30.2 Å². The first-order valence-corrected chi connectivity index (χ1v) is 11.6. The van der Waals surface area contributed by atoms with Gasteiger partial charge in [0.25, 0.3) is 5.91 Å². The normalized spacial score (nSPS) is 14.2. The van der Waals surface area contributed by atoms with Crippen LogP contribution in [0.15, 0.2) is 36.7 Å². The smallest absolute Gasteiger partial charge is 0.378 e. The second-order valence-electron chi connectivity index (χ2n) is 8.76. The molecule has 0 spiro atoms. The molecule has 3 aromatic heterocycles. The van der Waals surface area contributed by atoms with Crippen molar-refractivity contribution in [2.45, 2.75) is 20.0 Å².